The molecule has 2 aliphatic heterocycles. The number of rotatable bonds is 5. The minimum atomic E-state index is 0.570. The molecule has 116 valence electrons. The molecule has 2 fully saturated rings. The zero-order valence-electron chi connectivity index (χ0n) is 13.0. The van der Waals surface area contributed by atoms with E-state index in [0.29, 0.717) is 12.1 Å². The number of H-pyrrole nitrogens is 1. The predicted octanol–water partition coefficient (Wildman–Crippen LogP) is 0.978. The van der Waals surface area contributed by atoms with Crippen molar-refractivity contribution in [2.24, 2.45) is 5.41 Å². The van der Waals surface area contributed by atoms with Gasteiger partial charge in [0.25, 0.3) is 0 Å². The summed E-state index contributed by atoms with van der Waals surface area (Å²) in [5.41, 5.74) is 4.40. The summed E-state index contributed by atoms with van der Waals surface area (Å²) in [6, 6.07) is 8.67. The zero-order valence-corrected chi connectivity index (χ0v) is 13.0. The van der Waals surface area contributed by atoms with Crippen molar-refractivity contribution in [1.29, 1.82) is 0 Å². The second-order valence-electron chi connectivity index (χ2n) is 6.65. The fourth-order valence-electron chi connectivity index (χ4n) is 3.64. The van der Waals surface area contributed by atoms with Crippen LogP contribution in [0.2, 0.25) is 0 Å². The SMILES string of the molecule is COC[n+]1c[nH]c(-c2ccccc2CN2CC3(CNC3)C2)c1. The van der Waals surface area contributed by atoms with E-state index < -0.39 is 0 Å². The van der Waals surface area contributed by atoms with Crippen LogP contribution in [0.3, 0.4) is 0 Å². The third kappa shape index (κ3) is 2.45. The Labute approximate surface area is 130 Å². The van der Waals surface area contributed by atoms with Crippen molar-refractivity contribution in [1.82, 2.24) is 15.2 Å². The van der Waals surface area contributed by atoms with Gasteiger partial charge in [-0.3, -0.25) is 4.90 Å². The molecule has 5 heteroatoms. The van der Waals surface area contributed by atoms with Gasteiger partial charge in [0.2, 0.25) is 6.33 Å². The Hall–Kier alpha value is -1.69. The van der Waals surface area contributed by atoms with Gasteiger partial charge >= 0.3 is 0 Å². The predicted molar refractivity (Wildman–Crippen MR) is 84.0 cm³/mol. The molecule has 0 bridgehead atoms. The summed E-state index contributed by atoms with van der Waals surface area (Å²) in [5.74, 6) is 0. The highest BCUT2D eigenvalue weighted by molar-refractivity contribution is 5.62. The molecule has 0 unspecified atom stereocenters. The van der Waals surface area contributed by atoms with Crippen molar-refractivity contribution in [2.75, 3.05) is 33.3 Å². The quantitative estimate of drug-likeness (QED) is 0.809. The number of methoxy groups -OCH3 is 1. The van der Waals surface area contributed by atoms with Crippen LogP contribution in [0.15, 0.2) is 36.8 Å². The maximum absolute atomic E-state index is 5.17. The van der Waals surface area contributed by atoms with Gasteiger partial charge in [0.05, 0.1) is 0 Å². The van der Waals surface area contributed by atoms with Gasteiger partial charge in [-0.2, -0.15) is 0 Å². The van der Waals surface area contributed by atoms with Gasteiger partial charge < -0.3 is 10.1 Å². The molecule has 2 aliphatic rings. The second-order valence-corrected chi connectivity index (χ2v) is 6.65. The molecular formula is C17H23N4O+. The van der Waals surface area contributed by atoms with Crippen LogP contribution in [0, 0.1) is 5.41 Å². The maximum Gasteiger partial charge on any atom is 0.243 e. The zero-order chi connectivity index (χ0) is 15.0. The molecule has 2 aromatic rings. The number of hydrogen-bond acceptors (Lipinski definition) is 3. The molecule has 0 radical (unpaired) electrons. The van der Waals surface area contributed by atoms with E-state index in [1.165, 1.54) is 37.3 Å². The normalized spacial score (nSPS) is 19.9. The minimum absolute atomic E-state index is 0.570. The third-order valence-corrected chi connectivity index (χ3v) is 4.78. The van der Waals surface area contributed by atoms with Crippen LogP contribution < -0.4 is 9.88 Å². The summed E-state index contributed by atoms with van der Waals surface area (Å²) in [6.07, 6.45) is 4.06. The Kier molecular flexibility index (Phi) is 3.48. The average molecular weight is 299 g/mol. The first kappa shape index (κ1) is 13.9. The lowest BCUT2D eigenvalue weighted by Crippen LogP contribution is -2.70. The lowest BCUT2D eigenvalue weighted by Gasteiger charge is -2.56. The molecule has 22 heavy (non-hydrogen) atoms. The fourth-order valence-corrected chi connectivity index (χ4v) is 3.64. The van der Waals surface area contributed by atoms with Gasteiger partial charge in [-0.1, -0.05) is 24.3 Å². The number of hydrogen-bond donors (Lipinski definition) is 2. The Balaban J connectivity index is 1.50. The van der Waals surface area contributed by atoms with E-state index >= 15 is 0 Å². The first-order chi connectivity index (χ1) is 10.8. The number of likely N-dealkylation sites (tertiary alicyclic amines) is 1. The van der Waals surface area contributed by atoms with Crippen molar-refractivity contribution >= 4 is 0 Å². The van der Waals surface area contributed by atoms with E-state index in [4.69, 9.17) is 4.74 Å². The second kappa shape index (κ2) is 5.50. The highest BCUT2D eigenvalue weighted by atomic mass is 16.5. The Morgan fingerprint density at radius 1 is 1.27 bits per heavy atom. The monoisotopic (exact) mass is 299 g/mol. The van der Waals surface area contributed by atoms with Crippen molar-refractivity contribution in [3.8, 4) is 11.3 Å². The Morgan fingerprint density at radius 3 is 2.82 bits per heavy atom. The molecule has 4 rings (SSSR count). The van der Waals surface area contributed by atoms with E-state index in [-0.39, 0.29) is 0 Å². The van der Waals surface area contributed by atoms with Crippen LogP contribution in [-0.2, 0) is 18.0 Å². The number of nitrogens with zero attached hydrogens (tertiary/aromatic N) is 2. The number of aromatic amines is 1. The molecule has 5 nitrogen and oxygen atoms in total. The first-order valence-corrected chi connectivity index (χ1v) is 7.86. The van der Waals surface area contributed by atoms with Gasteiger partial charge in [0.15, 0.2) is 12.4 Å². The van der Waals surface area contributed by atoms with Crippen LogP contribution in [0.25, 0.3) is 11.3 Å². The van der Waals surface area contributed by atoms with Gasteiger partial charge in [0.1, 0.15) is 6.20 Å². The van der Waals surface area contributed by atoms with Gasteiger partial charge in [-0.25, -0.2) is 9.55 Å². The number of aromatic nitrogens is 2. The molecule has 0 aliphatic carbocycles. The van der Waals surface area contributed by atoms with Crippen molar-refractivity contribution < 1.29 is 9.30 Å². The Morgan fingerprint density at radius 2 is 2.09 bits per heavy atom. The molecule has 2 N–H and O–H groups in total. The van der Waals surface area contributed by atoms with Gasteiger partial charge in [-0.05, 0) is 5.56 Å². The number of nitrogens with one attached hydrogen (secondary N) is 2. The topological polar surface area (TPSA) is 44.2 Å². The number of imidazole rings is 1. The molecular weight excluding hydrogens is 276 g/mol. The number of benzene rings is 1. The van der Waals surface area contributed by atoms with Crippen LogP contribution in [0.1, 0.15) is 5.56 Å². The van der Waals surface area contributed by atoms with Crippen LogP contribution >= 0.6 is 0 Å². The van der Waals surface area contributed by atoms with Crippen molar-refractivity contribution in [3.63, 3.8) is 0 Å². The van der Waals surface area contributed by atoms with Crippen LogP contribution in [0.4, 0.5) is 0 Å². The molecule has 3 heterocycles. The third-order valence-electron chi connectivity index (χ3n) is 4.78. The summed E-state index contributed by atoms with van der Waals surface area (Å²) in [5, 5.41) is 3.39. The van der Waals surface area contributed by atoms with Crippen LogP contribution in [0.5, 0.6) is 0 Å². The van der Waals surface area contributed by atoms with E-state index in [1.807, 2.05) is 10.9 Å². The first-order valence-electron chi connectivity index (χ1n) is 7.86. The molecule has 0 saturated carbocycles. The summed E-state index contributed by atoms with van der Waals surface area (Å²) < 4.78 is 7.19. The van der Waals surface area contributed by atoms with E-state index in [1.54, 1.807) is 7.11 Å². The summed E-state index contributed by atoms with van der Waals surface area (Å²) in [6.45, 7) is 6.44. The van der Waals surface area contributed by atoms with Crippen LogP contribution in [-0.4, -0.2) is 43.2 Å². The van der Waals surface area contributed by atoms with Gasteiger partial charge in [-0.15, -0.1) is 0 Å². The van der Waals surface area contributed by atoms with Gasteiger partial charge in [0, 0.05) is 50.8 Å². The molecule has 1 aromatic carbocycles. The molecule has 1 spiro atoms. The largest absolute Gasteiger partial charge is 0.345 e. The standard InChI is InChI=1S/C17H22N4O/c1-22-13-21-7-16(19-12-21)15-5-3-2-4-14(15)6-20-10-17(11-20)8-18-9-17/h2-5,7,12,18H,6,8-11,13H2,1H3/p+1. The van der Waals surface area contributed by atoms with Crippen molar-refractivity contribution in [2.45, 2.75) is 13.3 Å². The van der Waals surface area contributed by atoms with Crippen molar-refractivity contribution in [3.05, 3.63) is 42.4 Å². The summed E-state index contributed by atoms with van der Waals surface area (Å²) >= 11 is 0. The molecule has 2 saturated heterocycles. The average Bonchev–Trinajstić information content (AvgIpc) is 2.89. The summed E-state index contributed by atoms with van der Waals surface area (Å²) in [4.78, 5) is 5.90. The molecule has 0 amide bonds. The lowest BCUT2D eigenvalue weighted by atomic mass is 9.74. The fraction of sp³-hybridized carbons (Fsp3) is 0.471. The number of ether oxygens (including phenoxy) is 1. The van der Waals surface area contributed by atoms with E-state index in [9.17, 15) is 0 Å². The maximum atomic E-state index is 5.17. The summed E-state index contributed by atoms with van der Waals surface area (Å²) in [7, 11) is 1.71. The molecule has 0 atom stereocenters. The highest BCUT2D eigenvalue weighted by Crippen LogP contribution is 2.35. The highest BCUT2D eigenvalue weighted by Gasteiger charge is 2.47. The lowest BCUT2D eigenvalue weighted by molar-refractivity contribution is -0.729. The smallest absolute Gasteiger partial charge is 0.243 e. The molecule has 1 aromatic heterocycles. The minimum Gasteiger partial charge on any atom is -0.345 e. The van der Waals surface area contributed by atoms with E-state index in [2.05, 4.69) is 45.7 Å². The van der Waals surface area contributed by atoms with E-state index in [0.717, 1.165) is 12.2 Å². The Bertz CT molecular complexity index is 654.